The first kappa shape index (κ1) is 24.6. The van der Waals surface area contributed by atoms with Crippen LogP contribution in [0.25, 0.3) is 0 Å². The Morgan fingerprint density at radius 1 is 1.19 bits per heavy atom. The van der Waals surface area contributed by atoms with Gasteiger partial charge in [-0.2, -0.15) is 13.2 Å². The van der Waals surface area contributed by atoms with Crippen LogP contribution in [0.15, 0.2) is 29.2 Å². The van der Waals surface area contributed by atoms with E-state index in [0.29, 0.717) is 42.6 Å². The van der Waals surface area contributed by atoms with E-state index in [9.17, 15) is 26.4 Å². The van der Waals surface area contributed by atoms with Crippen LogP contribution in [-0.4, -0.2) is 46.6 Å². The van der Waals surface area contributed by atoms with Gasteiger partial charge in [-0.15, -0.1) is 5.10 Å². The lowest BCUT2D eigenvalue weighted by molar-refractivity contribution is -0.137. The van der Waals surface area contributed by atoms with Gasteiger partial charge in [0.15, 0.2) is 9.84 Å². The molecule has 1 aromatic carbocycles. The number of rotatable bonds is 5. The molecule has 2 heterocycles. The highest BCUT2D eigenvalue weighted by Gasteiger charge is 2.45. The maximum absolute atomic E-state index is 13.3. The van der Waals surface area contributed by atoms with Crippen LogP contribution in [0.3, 0.4) is 0 Å². The third-order valence-corrected chi connectivity index (χ3v) is 9.51. The molecular formula is C21H26F3N3O3S2. The molecule has 0 unspecified atom stereocenters. The van der Waals surface area contributed by atoms with Crippen molar-refractivity contribution in [3.63, 3.8) is 0 Å². The average Bonchev–Trinajstić information content (AvgIpc) is 3.23. The van der Waals surface area contributed by atoms with Crippen molar-refractivity contribution in [2.24, 2.45) is 5.92 Å². The van der Waals surface area contributed by atoms with E-state index in [1.807, 2.05) is 13.8 Å². The lowest BCUT2D eigenvalue weighted by Crippen LogP contribution is -2.47. The molecule has 0 bridgehead atoms. The molecule has 176 valence electrons. The number of hydrogen-bond acceptors (Lipinski definition) is 6. The lowest BCUT2D eigenvalue weighted by Gasteiger charge is -2.40. The van der Waals surface area contributed by atoms with Gasteiger partial charge in [-0.3, -0.25) is 4.79 Å². The zero-order valence-electron chi connectivity index (χ0n) is 18.3. The zero-order chi connectivity index (χ0) is 23.9. The standard InChI is InChI=1S/C21H26F3N3O3S2/c1-13(2)17-18(31-26-25-17)19(28)27-10-8-14(9-11-27)20(3,4)32(29,30)16-7-5-6-15(12-16)21(22,23)24/h5-7,12-14H,8-11H2,1-4H3. The molecule has 0 N–H and O–H groups in total. The van der Waals surface area contributed by atoms with Crippen LogP contribution in [0.4, 0.5) is 13.2 Å². The first-order chi connectivity index (χ1) is 14.8. The van der Waals surface area contributed by atoms with Crippen LogP contribution in [0, 0.1) is 5.92 Å². The van der Waals surface area contributed by atoms with Gasteiger partial charge in [0.2, 0.25) is 0 Å². The van der Waals surface area contributed by atoms with E-state index in [2.05, 4.69) is 9.59 Å². The van der Waals surface area contributed by atoms with Gasteiger partial charge in [0.25, 0.3) is 5.91 Å². The Morgan fingerprint density at radius 3 is 2.38 bits per heavy atom. The second-order valence-electron chi connectivity index (χ2n) is 8.84. The number of piperidine rings is 1. The number of benzene rings is 1. The molecule has 11 heteroatoms. The first-order valence-electron chi connectivity index (χ1n) is 10.3. The highest BCUT2D eigenvalue weighted by molar-refractivity contribution is 7.92. The molecule has 0 radical (unpaired) electrons. The van der Waals surface area contributed by atoms with Crippen molar-refractivity contribution in [1.29, 1.82) is 0 Å². The summed E-state index contributed by atoms with van der Waals surface area (Å²) < 4.78 is 68.4. The summed E-state index contributed by atoms with van der Waals surface area (Å²) in [5.41, 5.74) is -0.344. The Kier molecular flexibility index (Phi) is 6.72. The fraction of sp³-hybridized carbons (Fsp3) is 0.571. The Morgan fingerprint density at radius 2 is 1.81 bits per heavy atom. The van der Waals surface area contributed by atoms with E-state index < -0.39 is 26.3 Å². The van der Waals surface area contributed by atoms with E-state index in [0.717, 1.165) is 23.7 Å². The van der Waals surface area contributed by atoms with Gasteiger partial charge in [0.05, 0.1) is 20.9 Å². The summed E-state index contributed by atoms with van der Waals surface area (Å²) in [7, 11) is -4.04. The van der Waals surface area contributed by atoms with Crippen molar-refractivity contribution >= 4 is 27.3 Å². The Balaban J connectivity index is 1.77. The molecule has 0 aliphatic carbocycles. The van der Waals surface area contributed by atoms with Gasteiger partial charge in [-0.1, -0.05) is 24.4 Å². The summed E-state index contributed by atoms with van der Waals surface area (Å²) in [5.74, 6) is -0.419. The third-order valence-electron chi connectivity index (χ3n) is 6.18. The van der Waals surface area contributed by atoms with E-state index in [1.54, 1.807) is 18.7 Å². The maximum Gasteiger partial charge on any atom is 0.416 e. The van der Waals surface area contributed by atoms with Crippen molar-refractivity contribution < 1.29 is 26.4 Å². The lowest BCUT2D eigenvalue weighted by atomic mass is 9.85. The monoisotopic (exact) mass is 489 g/mol. The summed E-state index contributed by atoms with van der Waals surface area (Å²) >= 11 is 1.05. The van der Waals surface area contributed by atoms with E-state index in [-0.39, 0.29) is 22.6 Å². The van der Waals surface area contributed by atoms with Gasteiger partial charge in [0.1, 0.15) is 4.88 Å². The second-order valence-corrected chi connectivity index (χ2v) is 12.1. The minimum absolute atomic E-state index is 0.0572. The van der Waals surface area contributed by atoms with Gasteiger partial charge in [-0.25, -0.2) is 8.42 Å². The molecule has 0 atom stereocenters. The van der Waals surface area contributed by atoms with Crippen LogP contribution < -0.4 is 0 Å². The zero-order valence-corrected chi connectivity index (χ0v) is 19.9. The van der Waals surface area contributed by atoms with Crippen molar-refractivity contribution in [2.75, 3.05) is 13.1 Å². The third kappa shape index (κ3) is 4.54. The number of carbonyl (C=O) groups excluding carboxylic acids is 1. The highest BCUT2D eigenvalue weighted by Crippen LogP contribution is 2.40. The predicted molar refractivity (Wildman–Crippen MR) is 115 cm³/mol. The minimum atomic E-state index is -4.62. The summed E-state index contributed by atoms with van der Waals surface area (Å²) in [6, 6.07) is 3.87. The highest BCUT2D eigenvalue weighted by atomic mass is 32.2. The number of amides is 1. The fourth-order valence-electron chi connectivity index (χ4n) is 4.01. The number of aromatic nitrogens is 2. The summed E-state index contributed by atoms with van der Waals surface area (Å²) in [4.78, 5) is 14.8. The van der Waals surface area contributed by atoms with Crippen LogP contribution in [0.5, 0.6) is 0 Å². The fourth-order valence-corrected chi connectivity index (χ4v) is 6.62. The quantitative estimate of drug-likeness (QED) is 0.604. The number of nitrogens with zero attached hydrogens (tertiary/aromatic N) is 3. The largest absolute Gasteiger partial charge is 0.416 e. The van der Waals surface area contributed by atoms with Crippen LogP contribution in [0.2, 0.25) is 0 Å². The van der Waals surface area contributed by atoms with E-state index in [1.165, 1.54) is 6.07 Å². The van der Waals surface area contributed by atoms with E-state index >= 15 is 0 Å². The predicted octanol–water partition coefficient (Wildman–Crippen LogP) is 4.79. The molecule has 0 spiro atoms. The molecule has 2 aromatic rings. The minimum Gasteiger partial charge on any atom is -0.338 e. The molecule has 1 aliphatic heterocycles. The molecule has 3 rings (SSSR count). The number of alkyl halides is 3. The Bertz CT molecular complexity index is 1090. The summed E-state index contributed by atoms with van der Waals surface area (Å²) in [6.07, 6.45) is -3.76. The number of hydrogen-bond donors (Lipinski definition) is 0. The average molecular weight is 490 g/mol. The summed E-state index contributed by atoms with van der Waals surface area (Å²) in [6.45, 7) is 7.69. The van der Waals surface area contributed by atoms with Crippen LogP contribution >= 0.6 is 11.5 Å². The number of carbonyl (C=O) groups is 1. The number of sulfone groups is 1. The molecular weight excluding hydrogens is 463 g/mol. The number of likely N-dealkylation sites (tertiary alicyclic amines) is 1. The van der Waals surface area contributed by atoms with Crippen molar-refractivity contribution in [1.82, 2.24) is 14.5 Å². The molecule has 1 aromatic heterocycles. The maximum atomic E-state index is 13.3. The topological polar surface area (TPSA) is 80.2 Å². The smallest absolute Gasteiger partial charge is 0.338 e. The molecule has 32 heavy (non-hydrogen) atoms. The van der Waals surface area contributed by atoms with Crippen molar-refractivity contribution in [2.45, 2.75) is 62.3 Å². The van der Waals surface area contributed by atoms with Gasteiger partial charge in [0, 0.05) is 13.1 Å². The molecule has 1 amide bonds. The van der Waals surface area contributed by atoms with Crippen LogP contribution in [-0.2, 0) is 16.0 Å². The molecule has 0 saturated carbocycles. The van der Waals surface area contributed by atoms with Crippen LogP contribution in [0.1, 0.15) is 67.4 Å². The van der Waals surface area contributed by atoms with E-state index in [4.69, 9.17) is 0 Å². The second kappa shape index (κ2) is 8.74. The van der Waals surface area contributed by atoms with Gasteiger partial charge < -0.3 is 4.90 Å². The van der Waals surface area contributed by atoms with Crippen molar-refractivity contribution in [3.8, 4) is 0 Å². The van der Waals surface area contributed by atoms with Gasteiger partial charge >= 0.3 is 6.18 Å². The first-order valence-corrected chi connectivity index (χ1v) is 12.6. The molecule has 1 aliphatic rings. The Labute approximate surface area is 189 Å². The SMILES string of the molecule is CC(C)c1nnsc1C(=O)N1CCC(C(C)(C)S(=O)(=O)c2cccc(C(F)(F)F)c2)CC1. The normalized spacial score (nSPS) is 16.6. The number of halogens is 3. The summed E-state index contributed by atoms with van der Waals surface area (Å²) in [5, 5.41) is 4.04. The van der Waals surface area contributed by atoms with Crippen molar-refractivity contribution in [3.05, 3.63) is 40.4 Å². The molecule has 1 fully saturated rings. The molecule has 6 nitrogen and oxygen atoms in total. The van der Waals surface area contributed by atoms with Gasteiger partial charge in [-0.05, 0) is 68.3 Å². The Hall–Kier alpha value is -2.01. The molecule has 1 saturated heterocycles.